The fourth-order valence-electron chi connectivity index (χ4n) is 2.37. The first kappa shape index (κ1) is 17.3. The van der Waals surface area contributed by atoms with E-state index in [1.54, 1.807) is 0 Å². The van der Waals surface area contributed by atoms with Crippen molar-refractivity contribution in [2.75, 3.05) is 44.4 Å². The summed E-state index contributed by atoms with van der Waals surface area (Å²) < 4.78 is 0. The summed E-state index contributed by atoms with van der Waals surface area (Å²) in [4.78, 5) is 6.02. The fraction of sp³-hybridized carbons (Fsp3) is 0.625. The molecule has 3 nitrogen and oxygen atoms in total. The van der Waals surface area contributed by atoms with Crippen LogP contribution >= 0.6 is 11.8 Å². The minimum absolute atomic E-state index is 0.614. The molecule has 0 atom stereocenters. The van der Waals surface area contributed by atoms with Crippen LogP contribution in [0.5, 0.6) is 0 Å². The molecule has 1 aromatic carbocycles. The quantitative estimate of drug-likeness (QED) is 0.710. The zero-order valence-electron chi connectivity index (χ0n) is 13.4. The van der Waals surface area contributed by atoms with Gasteiger partial charge in [-0.15, -0.1) is 11.8 Å². The van der Waals surface area contributed by atoms with Gasteiger partial charge in [0.15, 0.2) is 0 Å². The molecule has 2 N–H and O–H groups in total. The number of nitrogens with two attached hydrogens (primary N) is 1. The molecule has 114 valence electrons. The summed E-state index contributed by atoms with van der Waals surface area (Å²) in [7, 11) is 4.25. The zero-order valence-corrected chi connectivity index (χ0v) is 14.2. The van der Waals surface area contributed by atoms with Crippen LogP contribution in [0.25, 0.3) is 0 Å². The normalized spacial score (nSPS) is 11.1. The molecule has 0 saturated carbocycles. The summed E-state index contributed by atoms with van der Waals surface area (Å²) in [6.45, 7) is 8.26. The van der Waals surface area contributed by atoms with E-state index < -0.39 is 0 Å². The van der Waals surface area contributed by atoms with Gasteiger partial charge in [-0.1, -0.05) is 13.0 Å². The van der Waals surface area contributed by atoms with E-state index in [0.29, 0.717) is 6.54 Å². The number of benzene rings is 1. The van der Waals surface area contributed by atoms with Crippen molar-refractivity contribution in [3.63, 3.8) is 0 Å². The number of anilines is 1. The topological polar surface area (TPSA) is 32.5 Å². The second-order valence-corrected chi connectivity index (χ2v) is 6.43. The van der Waals surface area contributed by atoms with Crippen LogP contribution in [0.3, 0.4) is 0 Å². The Morgan fingerprint density at radius 3 is 2.45 bits per heavy atom. The molecule has 1 aromatic rings. The predicted octanol–water partition coefficient (Wildman–Crippen LogP) is 3.04. The van der Waals surface area contributed by atoms with Crippen LogP contribution in [0.4, 0.5) is 5.69 Å². The van der Waals surface area contributed by atoms with E-state index in [0.717, 1.165) is 25.4 Å². The van der Waals surface area contributed by atoms with Crippen molar-refractivity contribution in [3.05, 3.63) is 23.8 Å². The largest absolute Gasteiger partial charge is 0.371 e. The average molecular weight is 295 g/mol. The Morgan fingerprint density at radius 2 is 1.90 bits per heavy atom. The van der Waals surface area contributed by atoms with Crippen LogP contribution in [0.15, 0.2) is 23.1 Å². The zero-order chi connectivity index (χ0) is 15.0. The maximum absolute atomic E-state index is 6.00. The van der Waals surface area contributed by atoms with Crippen LogP contribution in [0.2, 0.25) is 0 Å². The van der Waals surface area contributed by atoms with Gasteiger partial charge in [-0.05, 0) is 51.9 Å². The van der Waals surface area contributed by atoms with Crippen molar-refractivity contribution in [3.8, 4) is 0 Å². The SMILES string of the molecule is CCSc1cccc(N(CC)CCCN(C)C)c1CN. The maximum atomic E-state index is 6.00. The molecule has 4 heteroatoms. The van der Waals surface area contributed by atoms with Gasteiger partial charge in [-0.25, -0.2) is 0 Å². The Balaban J connectivity index is 2.87. The molecule has 0 aliphatic rings. The molecule has 0 spiro atoms. The van der Waals surface area contributed by atoms with Crippen LogP contribution in [-0.4, -0.2) is 44.4 Å². The van der Waals surface area contributed by atoms with Gasteiger partial charge in [0.05, 0.1) is 0 Å². The van der Waals surface area contributed by atoms with Gasteiger partial charge in [-0.3, -0.25) is 0 Å². The third-order valence-corrected chi connectivity index (χ3v) is 4.35. The van der Waals surface area contributed by atoms with Crippen LogP contribution in [-0.2, 0) is 6.54 Å². The van der Waals surface area contributed by atoms with Gasteiger partial charge in [-0.2, -0.15) is 0 Å². The van der Waals surface area contributed by atoms with Crippen molar-refractivity contribution < 1.29 is 0 Å². The van der Waals surface area contributed by atoms with Gasteiger partial charge in [0, 0.05) is 35.8 Å². The first-order chi connectivity index (χ1) is 9.63. The Labute approximate surface area is 128 Å². The molecule has 0 aromatic heterocycles. The predicted molar refractivity (Wildman–Crippen MR) is 91.8 cm³/mol. The second kappa shape index (κ2) is 9.27. The third-order valence-electron chi connectivity index (χ3n) is 3.37. The van der Waals surface area contributed by atoms with Crippen LogP contribution in [0.1, 0.15) is 25.8 Å². The van der Waals surface area contributed by atoms with Gasteiger partial charge >= 0.3 is 0 Å². The summed E-state index contributed by atoms with van der Waals surface area (Å²) >= 11 is 1.88. The van der Waals surface area contributed by atoms with Gasteiger partial charge in [0.1, 0.15) is 0 Å². The standard InChI is InChI=1S/C16H29N3S/c1-5-19(12-8-11-18(3)4)15-9-7-10-16(20-6-2)14(15)13-17/h7,9-10H,5-6,8,11-13,17H2,1-4H3. The van der Waals surface area contributed by atoms with Crippen LogP contribution < -0.4 is 10.6 Å². The molecule has 0 saturated heterocycles. The molecule has 1 rings (SSSR count). The van der Waals surface area contributed by atoms with E-state index in [1.807, 2.05) is 11.8 Å². The summed E-state index contributed by atoms with van der Waals surface area (Å²) in [6, 6.07) is 6.55. The van der Waals surface area contributed by atoms with Gasteiger partial charge < -0.3 is 15.5 Å². The lowest BCUT2D eigenvalue weighted by atomic mass is 10.1. The Bertz CT molecular complexity index is 393. The highest BCUT2D eigenvalue weighted by Crippen LogP contribution is 2.30. The van der Waals surface area contributed by atoms with Crippen molar-refractivity contribution in [2.45, 2.75) is 31.7 Å². The molecule has 0 radical (unpaired) electrons. The Kier molecular flexibility index (Phi) is 8.04. The number of nitrogens with zero attached hydrogens (tertiary/aromatic N) is 2. The minimum Gasteiger partial charge on any atom is -0.371 e. The number of hydrogen-bond donors (Lipinski definition) is 1. The number of thioether (sulfide) groups is 1. The summed E-state index contributed by atoms with van der Waals surface area (Å²) in [5.41, 5.74) is 8.61. The van der Waals surface area contributed by atoms with E-state index in [-0.39, 0.29) is 0 Å². The minimum atomic E-state index is 0.614. The molecule has 0 aliphatic heterocycles. The van der Waals surface area contributed by atoms with Crippen molar-refractivity contribution in [2.24, 2.45) is 5.73 Å². The highest BCUT2D eigenvalue weighted by molar-refractivity contribution is 7.99. The van der Waals surface area contributed by atoms with E-state index in [9.17, 15) is 0 Å². The fourth-order valence-corrected chi connectivity index (χ4v) is 3.22. The lowest BCUT2D eigenvalue weighted by molar-refractivity contribution is 0.400. The smallest absolute Gasteiger partial charge is 0.0422 e. The van der Waals surface area contributed by atoms with Gasteiger partial charge in [0.2, 0.25) is 0 Å². The van der Waals surface area contributed by atoms with E-state index >= 15 is 0 Å². The van der Waals surface area contributed by atoms with E-state index in [4.69, 9.17) is 5.73 Å². The third kappa shape index (κ3) is 5.00. The molecule has 0 unspecified atom stereocenters. The molecular weight excluding hydrogens is 266 g/mol. The summed E-state index contributed by atoms with van der Waals surface area (Å²) in [5.74, 6) is 1.09. The highest BCUT2D eigenvalue weighted by Gasteiger charge is 2.12. The van der Waals surface area contributed by atoms with Gasteiger partial charge in [0.25, 0.3) is 0 Å². The van der Waals surface area contributed by atoms with Crippen LogP contribution in [0, 0.1) is 0 Å². The first-order valence-corrected chi connectivity index (χ1v) is 8.47. The number of hydrogen-bond acceptors (Lipinski definition) is 4. The lowest BCUT2D eigenvalue weighted by Gasteiger charge is -2.27. The highest BCUT2D eigenvalue weighted by atomic mass is 32.2. The monoisotopic (exact) mass is 295 g/mol. The Hall–Kier alpha value is -0.710. The maximum Gasteiger partial charge on any atom is 0.0422 e. The van der Waals surface area contributed by atoms with Crippen molar-refractivity contribution in [1.82, 2.24) is 4.90 Å². The molecule has 0 fully saturated rings. The molecular formula is C16H29N3S. The first-order valence-electron chi connectivity index (χ1n) is 7.48. The second-order valence-electron chi connectivity index (χ2n) is 5.13. The summed E-state index contributed by atoms with van der Waals surface area (Å²) in [6.07, 6.45) is 1.18. The molecule has 0 aliphatic carbocycles. The van der Waals surface area contributed by atoms with E-state index in [2.05, 4.69) is 55.9 Å². The molecule has 20 heavy (non-hydrogen) atoms. The average Bonchev–Trinajstić information content (AvgIpc) is 2.43. The molecule has 0 bridgehead atoms. The Morgan fingerprint density at radius 1 is 1.15 bits per heavy atom. The summed E-state index contributed by atoms with van der Waals surface area (Å²) in [5, 5.41) is 0. The number of rotatable bonds is 9. The van der Waals surface area contributed by atoms with Crippen molar-refractivity contribution in [1.29, 1.82) is 0 Å². The molecule has 0 amide bonds. The lowest BCUT2D eigenvalue weighted by Crippen LogP contribution is -2.28. The van der Waals surface area contributed by atoms with Crippen molar-refractivity contribution >= 4 is 17.4 Å². The molecule has 0 heterocycles. The van der Waals surface area contributed by atoms with E-state index in [1.165, 1.54) is 22.6 Å².